The summed E-state index contributed by atoms with van der Waals surface area (Å²) in [6.45, 7) is 0.384. The fraction of sp³-hybridized carbons (Fsp3) is 0.250. The third-order valence-electron chi connectivity index (χ3n) is 2.70. The van der Waals surface area contributed by atoms with Crippen LogP contribution in [0.4, 0.5) is 5.69 Å². The number of nitro groups is 1. The minimum atomic E-state index is -1.01. The molecule has 0 aromatic heterocycles. The normalized spacial score (nSPS) is 18.1. The van der Waals surface area contributed by atoms with Crippen molar-refractivity contribution in [2.45, 2.75) is 6.42 Å². The molecule has 1 atom stereocenters. The molecular formula is C12H11NO5. The van der Waals surface area contributed by atoms with Crippen LogP contribution in [0.15, 0.2) is 30.4 Å². The van der Waals surface area contributed by atoms with E-state index in [9.17, 15) is 14.9 Å². The molecule has 0 aliphatic carbocycles. The Morgan fingerprint density at radius 3 is 3.00 bits per heavy atom. The number of rotatable bonds is 3. The van der Waals surface area contributed by atoms with Crippen LogP contribution in [-0.4, -0.2) is 22.6 Å². The molecule has 18 heavy (non-hydrogen) atoms. The number of benzene rings is 1. The van der Waals surface area contributed by atoms with Crippen LogP contribution >= 0.6 is 0 Å². The van der Waals surface area contributed by atoms with Crippen LogP contribution in [0.5, 0.6) is 5.75 Å². The molecule has 1 aliphatic rings. The van der Waals surface area contributed by atoms with Gasteiger partial charge in [-0.25, -0.2) is 4.79 Å². The van der Waals surface area contributed by atoms with Gasteiger partial charge in [0, 0.05) is 29.7 Å². The van der Waals surface area contributed by atoms with Crippen LogP contribution in [0, 0.1) is 16.0 Å². The second-order valence-electron chi connectivity index (χ2n) is 4.02. The highest BCUT2D eigenvalue weighted by atomic mass is 16.6. The van der Waals surface area contributed by atoms with Gasteiger partial charge < -0.3 is 9.84 Å². The van der Waals surface area contributed by atoms with E-state index in [1.54, 1.807) is 12.1 Å². The lowest BCUT2D eigenvalue weighted by Crippen LogP contribution is -2.19. The van der Waals surface area contributed by atoms with Gasteiger partial charge in [-0.15, -0.1) is 0 Å². The third-order valence-corrected chi connectivity index (χ3v) is 2.70. The molecule has 94 valence electrons. The zero-order chi connectivity index (χ0) is 13.1. The number of aliphatic carboxylic acids is 1. The van der Waals surface area contributed by atoms with E-state index in [1.807, 2.05) is 0 Å². The van der Waals surface area contributed by atoms with E-state index in [4.69, 9.17) is 9.84 Å². The first-order chi connectivity index (χ1) is 8.56. The van der Waals surface area contributed by atoms with Gasteiger partial charge in [0.15, 0.2) is 0 Å². The van der Waals surface area contributed by atoms with Gasteiger partial charge in [-0.3, -0.25) is 10.1 Å². The first-order valence-electron chi connectivity index (χ1n) is 5.37. The highest BCUT2D eigenvalue weighted by Crippen LogP contribution is 2.30. The van der Waals surface area contributed by atoms with E-state index in [1.165, 1.54) is 12.1 Å². The van der Waals surface area contributed by atoms with Crippen molar-refractivity contribution in [2.24, 2.45) is 5.92 Å². The number of hydrogen-bond acceptors (Lipinski definition) is 4. The molecule has 0 saturated heterocycles. The van der Waals surface area contributed by atoms with E-state index in [0.29, 0.717) is 18.8 Å². The number of fused-ring (bicyclic) bond motifs is 1. The Labute approximate surface area is 103 Å². The number of hydrogen-bond donors (Lipinski definition) is 1. The number of carbonyl (C=O) groups is 1. The average molecular weight is 249 g/mol. The monoisotopic (exact) mass is 249 g/mol. The molecule has 0 fully saturated rings. The molecule has 1 aliphatic heterocycles. The highest BCUT2D eigenvalue weighted by molar-refractivity contribution is 5.79. The molecule has 1 N–H and O–H groups in total. The predicted octanol–water partition coefficient (Wildman–Crippen LogP) is 1.79. The zero-order valence-electron chi connectivity index (χ0n) is 9.41. The summed E-state index contributed by atoms with van der Waals surface area (Å²) >= 11 is 0. The number of ether oxygens (including phenoxy) is 1. The molecule has 1 aromatic rings. The van der Waals surface area contributed by atoms with Crippen molar-refractivity contribution in [1.82, 2.24) is 0 Å². The van der Waals surface area contributed by atoms with Crippen LogP contribution in [0.25, 0.3) is 0 Å². The van der Waals surface area contributed by atoms with E-state index in [-0.39, 0.29) is 11.6 Å². The standard InChI is InChI=1S/C12H11NO5/c14-12(15)4-1-8-5-9-6-10(13(16)17)2-3-11(9)18-7-8/h1-4,6,8H,5,7H2,(H,14,15). The summed E-state index contributed by atoms with van der Waals surface area (Å²) in [5.41, 5.74) is 0.746. The predicted molar refractivity (Wildman–Crippen MR) is 62.6 cm³/mol. The highest BCUT2D eigenvalue weighted by Gasteiger charge is 2.20. The van der Waals surface area contributed by atoms with Crippen LogP contribution < -0.4 is 4.74 Å². The first kappa shape index (κ1) is 12.1. The summed E-state index contributed by atoms with van der Waals surface area (Å²) in [5, 5.41) is 19.2. The van der Waals surface area contributed by atoms with Crippen molar-refractivity contribution >= 4 is 11.7 Å². The Balaban J connectivity index is 2.19. The lowest BCUT2D eigenvalue weighted by atomic mass is 9.96. The van der Waals surface area contributed by atoms with Crippen molar-refractivity contribution in [2.75, 3.05) is 6.61 Å². The summed E-state index contributed by atoms with van der Waals surface area (Å²) < 4.78 is 5.44. The van der Waals surface area contributed by atoms with Crippen LogP contribution in [0.2, 0.25) is 0 Å². The summed E-state index contributed by atoms with van der Waals surface area (Å²) in [5.74, 6) is -0.462. The van der Waals surface area contributed by atoms with E-state index < -0.39 is 10.9 Å². The molecule has 1 heterocycles. The third kappa shape index (κ3) is 2.65. The fourth-order valence-electron chi connectivity index (χ4n) is 1.86. The fourth-order valence-corrected chi connectivity index (χ4v) is 1.86. The number of nitrogens with zero attached hydrogens (tertiary/aromatic N) is 1. The second kappa shape index (κ2) is 4.87. The van der Waals surface area contributed by atoms with Crippen molar-refractivity contribution < 1.29 is 19.6 Å². The average Bonchev–Trinajstić information content (AvgIpc) is 2.35. The molecule has 0 amide bonds. The lowest BCUT2D eigenvalue weighted by Gasteiger charge is -2.22. The topological polar surface area (TPSA) is 89.7 Å². The van der Waals surface area contributed by atoms with E-state index in [2.05, 4.69) is 0 Å². The van der Waals surface area contributed by atoms with Gasteiger partial charge in [0.25, 0.3) is 5.69 Å². The molecule has 0 radical (unpaired) electrons. The van der Waals surface area contributed by atoms with E-state index in [0.717, 1.165) is 11.6 Å². The van der Waals surface area contributed by atoms with Crippen molar-refractivity contribution in [3.05, 3.63) is 46.0 Å². The van der Waals surface area contributed by atoms with Gasteiger partial charge in [-0.2, -0.15) is 0 Å². The molecule has 0 bridgehead atoms. The Bertz CT molecular complexity index is 523. The van der Waals surface area contributed by atoms with Crippen molar-refractivity contribution in [3.63, 3.8) is 0 Å². The summed E-state index contributed by atoms with van der Waals surface area (Å²) in [6, 6.07) is 4.44. The van der Waals surface area contributed by atoms with Crippen molar-refractivity contribution in [3.8, 4) is 5.75 Å². The maximum atomic E-state index is 10.7. The maximum Gasteiger partial charge on any atom is 0.327 e. The number of carboxylic acids is 1. The molecular weight excluding hydrogens is 238 g/mol. The van der Waals surface area contributed by atoms with Crippen LogP contribution in [0.1, 0.15) is 5.56 Å². The van der Waals surface area contributed by atoms with Crippen LogP contribution in [0.3, 0.4) is 0 Å². The molecule has 2 rings (SSSR count). The molecule has 6 nitrogen and oxygen atoms in total. The van der Waals surface area contributed by atoms with Gasteiger partial charge in [0.05, 0.1) is 11.5 Å². The quantitative estimate of drug-likeness (QED) is 0.501. The second-order valence-corrected chi connectivity index (χ2v) is 4.02. The number of non-ortho nitro benzene ring substituents is 1. The minimum absolute atomic E-state index is 0.0141. The summed E-state index contributed by atoms with van der Waals surface area (Å²) in [4.78, 5) is 20.6. The maximum absolute atomic E-state index is 10.7. The minimum Gasteiger partial charge on any atom is -0.493 e. The molecule has 6 heteroatoms. The smallest absolute Gasteiger partial charge is 0.327 e. The molecule has 1 aromatic carbocycles. The Morgan fingerprint density at radius 2 is 2.33 bits per heavy atom. The zero-order valence-corrected chi connectivity index (χ0v) is 9.41. The SMILES string of the molecule is O=C(O)C=CC1COc2ccc([N+](=O)[O-])cc2C1. The van der Waals surface area contributed by atoms with Gasteiger partial charge >= 0.3 is 5.97 Å². The number of carboxylic acid groups (broad SMARTS) is 1. The largest absolute Gasteiger partial charge is 0.493 e. The van der Waals surface area contributed by atoms with Crippen LogP contribution in [-0.2, 0) is 11.2 Å². The van der Waals surface area contributed by atoms with Gasteiger partial charge in [0.1, 0.15) is 5.75 Å². The van der Waals surface area contributed by atoms with E-state index >= 15 is 0 Å². The number of nitro benzene ring substituents is 1. The van der Waals surface area contributed by atoms with Gasteiger partial charge in [0.2, 0.25) is 0 Å². The molecule has 0 spiro atoms. The Kier molecular flexibility index (Phi) is 3.27. The first-order valence-corrected chi connectivity index (χ1v) is 5.37. The molecule has 1 unspecified atom stereocenters. The Hall–Kier alpha value is -2.37. The lowest BCUT2D eigenvalue weighted by molar-refractivity contribution is -0.385. The van der Waals surface area contributed by atoms with Gasteiger partial charge in [-0.1, -0.05) is 6.08 Å². The van der Waals surface area contributed by atoms with Gasteiger partial charge in [-0.05, 0) is 12.5 Å². The molecule has 0 saturated carbocycles. The summed E-state index contributed by atoms with van der Waals surface area (Å²) in [7, 11) is 0. The Morgan fingerprint density at radius 1 is 1.56 bits per heavy atom. The summed E-state index contributed by atoms with van der Waals surface area (Å²) in [6.07, 6.45) is 3.15. The van der Waals surface area contributed by atoms with Crippen molar-refractivity contribution in [1.29, 1.82) is 0 Å².